The van der Waals surface area contributed by atoms with E-state index in [1.54, 1.807) is 12.1 Å². The van der Waals surface area contributed by atoms with Gasteiger partial charge in [-0.2, -0.15) is 0 Å². The Bertz CT molecular complexity index is 527. The Balaban J connectivity index is 0.00000264. The Morgan fingerprint density at radius 2 is 1.30 bits per heavy atom. The van der Waals surface area contributed by atoms with Crippen molar-refractivity contribution in [3.05, 3.63) is 65.7 Å². The molecular weight excluding hydrogens is 306 g/mol. The molecule has 126 valence electrons. The molecule has 0 heterocycles. The van der Waals surface area contributed by atoms with Crippen LogP contribution in [0.4, 0.5) is 0 Å². The normalized spacial score (nSPS) is 10.5. The van der Waals surface area contributed by atoms with Gasteiger partial charge in [-0.05, 0) is 68.6 Å². The fraction of sp³-hybridized carbons (Fsp3) is 0.400. The molecule has 0 unspecified atom stereocenters. The Kier molecular flexibility index (Phi) is 9.42. The number of aromatic hydroxyl groups is 1. The number of benzene rings is 2. The summed E-state index contributed by atoms with van der Waals surface area (Å²) in [7, 11) is 0. The number of rotatable bonds is 9. The van der Waals surface area contributed by atoms with Gasteiger partial charge in [-0.15, -0.1) is 12.4 Å². The Morgan fingerprint density at radius 1 is 0.783 bits per heavy atom. The van der Waals surface area contributed by atoms with Crippen LogP contribution >= 0.6 is 12.4 Å². The lowest BCUT2D eigenvalue weighted by atomic mass is 10.1. The van der Waals surface area contributed by atoms with E-state index in [9.17, 15) is 5.11 Å². The molecule has 0 spiro atoms. The van der Waals surface area contributed by atoms with E-state index >= 15 is 0 Å². The maximum atomic E-state index is 9.29. The third-order valence-corrected chi connectivity index (χ3v) is 4.11. The molecule has 0 radical (unpaired) electrons. The van der Waals surface area contributed by atoms with Crippen molar-refractivity contribution in [2.75, 3.05) is 19.6 Å². The van der Waals surface area contributed by atoms with Crippen LogP contribution in [0.15, 0.2) is 54.6 Å². The van der Waals surface area contributed by atoms with Crippen LogP contribution in [0.3, 0.4) is 0 Å². The van der Waals surface area contributed by atoms with Gasteiger partial charge in [0.05, 0.1) is 0 Å². The largest absolute Gasteiger partial charge is 0.508 e. The topological polar surface area (TPSA) is 23.5 Å². The van der Waals surface area contributed by atoms with Gasteiger partial charge >= 0.3 is 0 Å². The second kappa shape index (κ2) is 11.1. The van der Waals surface area contributed by atoms with Crippen molar-refractivity contribution < 1.29 is 5.11 Å². The van der Waals surface area contributed by atoms with E-state index in [1.807, 2.05) is 12.1 Å². The number of halogens is 1. The first-order valence-electron chi connectivity index (χ1n) is 8.32. The summed E-state index contributed by atoms with van der Waals surface area (Å²) < 4.78 is 0. The molecule has 2 rings (SSSR count). The maximum absolute atomic E-state index is 9.29. The lowest BCUT2D eigenvalue weighted by Gasteiger charge is -2.20. The van der Waals surface area contributed by atoms with Gasteiger partial charge in [-0.1, -0.05) is 49.4 Å². The van der Waals surface area contributed by atoms with E-state index in [4.69, 9.17) is 0 Å². The number of nitrogens with zero attached hydrogens (tertiary/aromatic N) is 1. The van der Waals surface area contributed by atoms with Crippen LogP contribution in [0.2, 0.25) is 0 Å². The van der Waals surface area contributed by atoms with Crippen LogP contribution in [0, 0.1) is 0 Å². The molecule has 1 N–H and O–H groups in total. The van der Waals surface area contributed by atoms with Crippen LogP contribution in [0.25, 0.3) is 0 Å². The van der Waals surface area contributed by atoms with Crippen LogP contribution in [0.5, 0.6) is 5.75 Å². The zero-order valence-corrected chi connectivity index (χ0v) is 14.8. The molecule has 0 fully saturated rings. The van der Waals surface area contributed by atoms with E-state index < -0.39 is 0 Å². The molecule has 2 aromatic rings. The fourth-order valence-corrected chi connectivity index (χ4v) is 2.75. The zero-order valence-electron chi connectivity index (χ0n) is 13.9. The number of aryl methyl sites for hydroxylation is 2. The minimum atomic E-state index is 0. The van der Waals surface area contributed by atoms with Crippen molar-refractivity contribution in [3.8, 4) is 5.75 Å². The standard InChI is InChI=1S/C20H27NO.ClH/c1-2-21(16-6-10-18-8-4-3-5-9-18)17-7-11-19-12-14-20(22)15-13-19;/h3-5,8-9,12-15,22H,2,6-7,10-11,16-17H2,1H3;1H. The van der Waals surface area contributed by atoms with Gasteiger partial charge in [0.25, 0.3) is 0 Å². The van der Waals surface area contributed by atoms with Crippen molar-refractivity contribution in [2.24, 2.45) is 0 Å². The third kappa shape index (κ3) is 7.54. The van der Waals surface area contributed by atoms with Crippen LogP contribution in [-0.2, 0) is 12.8 Å². The fourth-order valence-electron chi connectivity index (χ4n) is 2.75. The highest BCUT2D eigenvalue weighted by molar-refractivity contribution is 5.85. The molecule has 2 nitrogen and oxygen atoms in total. The number of hydrogen-bond donors (Lipinski definition) is 1. The van der Waals surface area contributed by atoms with E-state index in [0.29, 0.717) is 5.75 Å². The molecule has 0 aliphatic rings. The summed E-state index contributed by atoms with van der Waals surface area (Å²) in [5.74, 6) is 0.347. The second-order valence-electron chi connectivity index (χ2n) is 5.79. The molecule has 0 saturated heterocycles. The first-order valence-corrected chi connectivity index (χ1v) is 8.32. The Hall–Kier alpha value is -1.51. The van der Waals surface area contributed by atoms with Gasteiger partial charge < -0.3 is 10.0 Å². The van der Waals surface area contributed by atoms with Crippen molar-refractivity contribution in [1.82, 2.24) is 4.90 Å². The lowest BCUT2D eigenvalue weighted by molar-refractivity contribution is 0.281. The summed E-state index contributed by atoms with van der Waals surface area (Å²) in [6, 6.07) is 18.3. The minimum Gasteiger partial charge on any atom is -0.508 e. The summed E-state index contributed by atoms with van der Waals surface area (Å²) >= 11 is 0. The van der Waals surface area contributed by atoms with Gasteiger partial charge in [-0.25, -0.2) is 0 Å². The van der Waals surface area contributed by atoms with Gasteiger partial charge in [-0.3, -0.25) is 0 Å². The monoisotopic (exact) mass is 333 g/mol. The molecule has 0 amide bonds. The van der Waals surface area contributed by atoms with Crippen LogP contribution in [0.1, 0.15) is 30.9 Å². The van der Waals surface area contributed by atoms with Gasteiger partial charge in [0.15, 0.2) is 0 Å². The summed E-state index contributed by atoms with van der Waals surface area (Å²) in [5.41, 5.74) is 2.74. The Morgan fingerprint density at radius 3 is 1.83 bits per heavy atom. The molecule has 0 aliphatic carbocycles. The first-order chi connectivity index (χ1) is 10.8. The smallest absolute Gasteiger partial charge is 0.115 e. The maximum Gasteiger partial charge on any atom is 0.115 e. The van der Waals surface area contributed by atoms with E-state index in [-0.39, 0.29) is 12.4 Å². The number of phenols is 1. The second-order valence-corrected chi connectivity index (χ2v) is 5.79. The number of hydrogen-bond acceptors (Lipinski definition) is 2. The lowest BCUT2D eigenvalue weighted by Crippen LogP contribution is -2.26. The SMILES string of the molecule is CCN(CCCc1ccccc1)CCCc1ccc(O)cc1.Cl. The molecule has 0 saturated carbocycles. The average molecular weight is 334 g/mol. The highest BCUT2D eigenvalue weighted by atomic mass is 35.5. The molecule has 0 atom stereocenters. The summed E-state index contributed by atoms with van der Waals surface area (Å²) in [6.45, 7) is 5.67. The summed E-state index contributed by atoms with van der Waals surface area (Å²) in [5, 5.41) is 9.29. The van der Waals surface area contributed by atoms with Crippen molar-refractivity contribution in [2.45, 2.75) is 32.6 Å². The Labute approximate surface area is 146 Å². The molecule has 0 aliphatic heterocycles. The third-order valence-electron chi connectivity index (χ3n) is 4.11. The van der Waals surface area contributed by atoms with Gasteiger partial charge in [0.1, 0.15) is 5.75 Å². The molecule has 0 bridgehead atoms. The quantitative estimate of drug-likeness (QED) is 0.719. The van der Waals surface area contributed by atoms with Crippen LogP contribution in [-0.4, -0.2) is 29.6 Å². The predicted octanol–water partition coefficient (Wildman–Crippen LogP) is 4.70. The van der Waals surface area contributed by atoms with Crippen molar-refractivity contribution in [3.63, 3.8) is 0 Å². The minimum absolute atomic E-state index is 0. The van der Waals surface area contributed by atoms with Gasteiger partial charge in [0.2, 0.25) is 0 Å². The molecule has 0 aromatic heterocycles. The molecular formula is C20H28ClNO. The highest BCUT2D eigenvalue weighted by Gasteiger charge is 2.03. The van der Waals surface area contributed by atoms with Crippen molar-refractivity contribution in [1.29, 1.82) is 0 Å². The predicted molar refractivity (Wildman–Crippen MR) is 101 cm³/mol. The average Bonchev–Trinajstić information content (AvgIpc) is 2.56. The van der Waals surface area contributed by atoms with E-state index in [0.717, 1.165) is 25.9 Å². The highest BCUT2D eigenvalue weighted by Crippen LogP contribution is 2.11. The van der Waals surface area contributed by atoms with E-state index in [2.05, 4.69) is 42.2 Å². The van der Waals surface area contributed by atoms with Crippen LogP contribution < -0.4 is 0 Å². The summed E-state index contributed by atoms with van der Waals surface area (Å²) in [4.78, 5) is 2.53. The first kappa shape index (κ1) is 19.5. The van der Waals surface area contributed by atoms with Gasteiger partial charge in [0, 0.05) is 0 Å². The molecule has 23 heavy (non-hydrogen) atoms. The molecule has 2 aromatic carbocycles. The molecule has 3 heteroatoms. The zero-order chi connectivity index (χ0) is 15.6. The summed E-state index contributed by atoms with van der Waals surface area (Å²) in [6.07, 6.45) is 4.63. The van der Waals surface area contributed by atoms with E-state index in [1.165, 1.54) is 30.5 Å². The number of phenolic OH excluding ortho intramolecular Hbond substituents is 1. The van der Waals surface area contributed by atoms with Crippen molar-refractivity contribution >= 4 is 12.4 Å².